The molecule has 0 radical (unpaired) electrons. The number of aliphatic hydroxyl groups is 2. The summed E-state index contributed by atoms with van der Waals surface area (Å²) in [7, 11) is 1.93. The molecule has 6 unspecified atom stereocenters. The Morgan fingerprint density at radius 3 is 2.32 bits per heavy atom. The first kappa shape index (κ1) is 36.7. The van der Waals surface area contributed by atoms with Gasteiger partial charge in [-0.25, -0.2) is 0 Å². The Bertz CT molecular complexity index is 1730. The van der Waals surface area contributed by atoms with E-state index in [1.807, 2.05) is 84.7 Å². The molecule has 4 aromatic rings. The number of ether oxygens (including phenoxy) is 3. The van der Waals surface area contributed by atoms with E-state index in [0.29, 0.717) is 18.7 Å². The molecular weight excluding hydrogens is 636 g/mol. The minimum absolute atomic E-state index is 0.0444. The minimum atomic E-state index is -0.888. The topological polar surface area (TPSA) is 138 Å². The van der Waals surface area contributed by atoms with E-state index in [1.54, 1.807) is 24.3 Å². The van der Waals surface area contributed by atoms with Crippen LogP contribution in [0.5, 0.6) is 5.75 Å². The summed E-state index contributed by atoms with van der Waals surface area (Å²) in [4.78, 5) is 25.8. The number of carbonyl (C=O) groups excluding carboxylic acids is 2. The van der Waals surface area contributed by atoms with Crippen LogP contribution in [0.25, 0.3) is 11.1 Å². The van der Waals surface area contributed by atoms with Gasteiger partial charge in [0, 0.05) is 38.0 Å². The van der Waals surface area contributed by atoms with E-state index in [1.165, 1.54) is 13.8 Å². The highest BCUT2D eigenvalue weighted by Crippen LogP contribution is 2.42. The van der Waals surface area contributed by atoms with E-state index in [9.17, 15) is 24.9 Å². The van der Waals surface area contributed by atoms with Gasteiger partial charge in [0.1, 0.15) is 5.75 Å². The van der Waals surface area contributed by atoms with E-state index in [0.717, 1.165) is 33.4 Å². The molecule has 6 atom stereocenters. The number of esters is 1. The Balaban J connectivity index is 1.34. The van der Waals surface area contributed by atoms with Crippen molar-refractivity contribution in [3.05, 3.63) is 125 Å². The summed E-state index contributed by atoms with van der Waals surface area (Å²) in [6.07, 6.45) is -2.90. The Hall–Kier alpha value is -4.58. The molecule has 0 aliphatic carbocycles. The molecule has 4 aromatic carbocycles. The number of aliphatic hydroxyl groups excluding tert-OH is 2. The number of aromatic hydroxyl groups is 1. The first-order valence-electron chi connectivity index (χ1n) is 16.8. The molecule has 264 valence electrons. The van der Waals surface area contributed by atoms with Crippen molar-refractivity contribution in [3.8, 4) is 16.9 Å². The third-order valence-corrected chi connectivity index (χ3v) is 9.03. The van der Waals surface area contributed by atoms with Gasteiger partial charge in [-0.1, -0.05) is 91.9 Å². The van der Waals surface area contributed by atoms with Gasteiger partial charge in [0.15, 0.2) is 12.4 Å². The second kappa shape index (κ2) is 16.9. The van der Waals surface area contributed by atoms with Gasteiger partial charge in [-0.2, -0.15) is 0 Å². The van der Waals surface area contributed by atoms with Crippen LogP contribution in [0.1, 0.15) is 67.1 Å². The van der Waals surface area contributed by atoms with E-state index < -0.39 is 24.5 Å². The van der Waals surface area contributed by atoms with Crippen molar-refractivity contribution in [1.82, 2.24) is 10.2 Å². The third kappa shape index (κ3) is 9.35. The number of hydrogen-bond acceptors (Lipinski definition) is 9. The molecule has 1 aliphatic rings. The number of likely N-dealkylation sites (N-methyl/N-ethyl adjacent to an activating group) is 1. The molecule has 10 heteroatoms. The lowest BCUT2D eigenvalue weighted by Crippen LogP contribution is -2.44. The number of nitrogens with zero attached hydrogens (tertiary/aromatic N) is 1. The van der Waals surface area contributed by atoms with Crippen LogP contribution in [0.4, 0.5) is 0 Å². The maximum Gasteiger partial charge on any atom is 0.303 e. The molecule has 0 aromatic heterocycles. The zero-order valence-electron chi connectivity index (χ0n) is 28.9. The number of carbonyl (C=O) groups is 2. The molecule has 1 saturated heterocycles. The third-order valence-electron chi connectivity index (χ3n) is 9.03. The van der Waals surface area contributed by atoms with Crippen molar-refractivity contribution in [3.63, 3.8) is 0 Å². The monoisotopic (exact) mass is 682 g/mol. The predicted molar refractivity (Wildman–Crippen MR) is 188 cm³/mol. The number of benzene rings is 4. The quantitative estimate of drug-likeness (QED) is 0.133. The highest BCUT2D eigenvalue weighted by molar-refractivity contribution is 5.83. The SMILES string of the molecule is CC(=O)OC(C)C(=O)NCc1ccccc1-c1ccc(C2OC(CN(C)CC(O)c3cccc(O)c3)C(C)C(c3ccc(CO)cc3)O2)cc1. The zero-order valence-corrected chi connectivity index (χ0v) is 28.9. The summed E-state index contributed by atoms with van der Waals surface area (Å²) in [5.74, 6) is -0.825. The maximum absolute atomic E-state index is 12.5. The lowest BCUT2D eigenvalue weighted by Gasteiger charge is -2.42. The number of phenols is 1. The summed E-state index contributed by atoms with van der Waals surface area (Å²) < 4.78 is 18.3. The molecule has 50 heavy (non-hydrogen) atoms. The summed E-state index contributed by atoms with van der Waals surface area (Å²) in [5.41, 5.74) is 6.08. The molecule has 0 spiro atoms. The molecule has 1 aliphatic heterocycles. The lowest BCUT2D eigenvalue weighted by atomic mass is 9.90. The van der Waals surface area contributed by atoms with Gasteiger partial charge in [-0.15, -0.1) is 0 Å². The van der Waals surface area contributed by atoms with Crippen LogP contribution in [0, 0.1) is 5.92 Å². The molecule has 1 fully saturated rings. The van der Waals surface area contributed by atoms with Crippen LogP contribution in [0.3, 0.4) is 0 Å². The van der Waals surface area contributed by atoms with Crippen LogP contribution >= 0.6 is 0 Å². The highest BCUT2D eigenvalue weighted by Gasteiger charge is 2.39. The van der Waals surface area contributed by atoms with E-state index in [2.05, 4.69) is 12.2 Å². The van der Waals surface area contributed by atoms with Crippen molar-refractivity contribution >= 4 is 11.9 Å². The number of hydrogen-bond donors (Lipinski definition) is 4. The lowest BCUT2D eigenvalue weighted by molar-refractivity contribution is -0.276. The van der Waals surface area contributed by atoms with Gasteiger partial charge in [0.25, 0.3) is 5.91 Å². The smallest absolute Gasteiger partial charge is 0.303 e. The fraction of sp³-hybridized carbons (Fsp3) is 0.350. The van der Waals surface area contributed by atoms with Crippen molar-refractivity contribution in [2.45, 2.75) is 64.6 Å². The summed E-state index contributed by atoms with van der Waals surface area (Å²) in [6, 6.07) is 30.1. The summed E-state index contributed by atoms with van der Waals surface area (Å²) in [5, 5.41) is 33.2. The number of rotatable bonds is 13. The average molecular weight is 683 g/mol. The molecule has 10 nitrogen and oxygen atoms in total. The molecule has 1 heterocycles. The van der Waals surface area contributed by atoms with Gasteiger partial charge in [-0.3, -0.25) is 9.59 Å². The Labute approximate surface area is 293 Å². The molecule has 0 saturated carbocycles. The highest BCUT2D eigenvalue weighted by atomic mass is 16.7. The first-order chi connectivity index (χ1) is 24.0. The predicted octanol–water partition coefficient (Wildman–Crippen LogP) is 5.58. The second-order valence-electron chi connectivity index (χ2n) is 12.9. The minimum Gasteiger partial charge on any atom is -0.508 e. The fourth-order valence-electron chi connectivity index (χ4n) is 6.25. The number of phenolic OH excluding ortho intramolecular Hbond substituents is 1. The van der Waals surface area contributed by atoms with Gasteiger partial charge in [-0.05, 0) is 59.5 Å². The Kier molecular flexibility index (Phi) is 12.4. The van der Waals surface area contributed by atoms with Crippen LogP contribution < -0.4 is 5.32 Å². The Morgan fingerprint density at radius 1 is 0.940 bits per heavy atom. The van der Waals surface area contributed by atoms with Gasteiger partial charge in [0.05, 0.1) is 24.9 Å². The van der Waals surface area contributed by atoms with E-state index >= 15 is 0 Å². The van der Waals surface area contributed by atoms with Gasteiger partial charge in [0.2, 0.25) is 0 Å². The van der Waals surface area contributed by atoms with Crippen molar-refractivity contribution in [2.75, 3.05) is 20.1 Å². The normalized spacial score (nSPS) is 20.2. The largest absolute Gasteiger partial charge is 0.508 e. The van der Waals surface area contributed by atoms with Crippen molar-refractivity contribution in [2.24, 2.45) is 5.92 Å². The molecular formula is C40H46N2O8. The van der Waals surface area contributed by atoms with E-state index in [4.69, 9.17) is 14.2 Å². The molecule has 5 rings (SSSR count). The summed E-state index contributed by atoms with van der Waals surface area (Å²) in [6.45, 7) is 5.99. The Morgan fingerprint density at radius 2 is 1.64 bits per heavy atom. The zero-order chi connectivity index (χ0) is 35.8. The first-order valence-corrected chi connectivity index (χ1v) is 16.8. The maximum atomic E-state index is 12.5. The van der Waals surface area contributed by atoms with Crippen LogP contribution in [0.15, 0.2) is 97.1 Å². The number of nitrogens with one attached hydrogen (secondary N) is 1. The van der Waals surface area contributed by atoms with Gasteiger partial charge < -0.3 is 39.7 Å². The standard InChI is InChI=1S/C40H46N2O8/c1-25-37(23-42(4)22-36(46)32-9-7-10-34(45)20-32)49-40(50-38(25)30-14-12-28(24-43)13-15-30)31-18-16-29(17-19-31)35-11-6-5-8-33(35)21-41-39(47)26(2)48-27(3)44/h5-20,25-26,36-38,40,43,45-46H,21-24H2,1-4H3,(H,41,47). The number of amides is 1. The van der Waals surface area contributed by atoms with Crippen LogP contribution in [-0.4, -0.2) is 64.4 Å². The van der Waals surface area contributed by atoms with Crippen LogP contribution in [-0.2, 0) is 37.0 Å². The fourth-order valence-corrected chi connectivity index (χ4v) is 6.25. The summed E-state index contributed by atoms with van der Waals surface area (Å²) >= 11 is 0. The molecule has 4 N–H and O–H groups in total. The second-order valence-corrected chi connectivity index (χ2v) is 12.9. The van der Waals surface area contributed by atoms with Gasteiger partial charge >= 0.3 is 5.97 Å². The van der Waals surface area contributed by atoms with E-state index in [-0.39, 0.29) is 42.9 Å². The molecule has 0 bridgehead atoms. The average Bonchev–Trinajstić information content (AvgIpc) is 3.11. The molecule has 1 amide bonds. The van der Waals surface area contributed by atoms with Crippen molar-refractivity contribution in [1.29, 1.82) is 0 Å². The van der Waals surface area contributed by atoms with Crippen LogP contribution in [0.2, 0.25) is 0 Å². The van der Waals surface area contributed by atoms with Crippen molar-refractivity contribution < 1.29 is 39.1 Å².